The van der Waals surface area contributed by atoms with Gasteiger partial charge in [0, 0.05) is 21.7 Å². The molecule has 1 N–H and O–H groups in total. The summed E-state index contributed by atoms with van der Waals surface area (Å²) in [5.74, 6) is -1.17. The molecule has 6 heteroatoms. The molecule has 0 aliphatic heterocycles. The van der Waals surface area contributed by atoms with Crippen molar-refractivity contribution < 1.29 is 9.18 Å². The molecule has 2 aromatic carbocycles. The predicted molar refractivity (Wildman–Crippen MR) is 91.7 cm³/mol. The van der Waals surface area contributed by atoms with Crippen LogP contribution in [0.25, 0.3) is 11.3 Å². The summed E-state index contributed by atoms with van der Waals surface area (Å²) in [4.78, 5) is 16.6. The third kappa shape index (κ3) is 3.57. The number of aryl methyl sites for hydroxylation is 1. The van der Waals surface area contributed by atoms with Gasteiger partial charge in [-0.25, -0.2) is 9.37 Å². The van der Waals surface area contributed by atoms with Crippen LogP contribution in [0.3, 0.4) is 0 Å². The molecule has 1 heterocycles. The fourth-order valence-electron chi connectivity index (χ4n) is 2.12. The second-order valence-corrected chi connectivity index (χ2v) is 6.41. The minimum absolute atomic E-state index is 0.0516. The van der Waals surface area contributed by atoms with E-state index in [2.05, 4.69) is 10.3 Å². The molecule has 3 rings (SSSR count). The zero-order valence-electron chi connectivity index (χ0n) is 12.1. The van der Waals surface area contributed by atoms with E-state index in [0.29, 0.717) is 5.69 Å². The highest BCUT2D eigenvalue weighted by Crippen LogP contribution is 2.24. The van der Waals surface area contributed by atoms with Gasteiger partial charge in [0.05, 0.1) is 16.3 Å². The molecule has 0 radical (unpaired) electrons. The number of aromatic nitrogens is 1. The van der Waals surface area contributed by atoms with E-state index in [1.807, 2.05) is 24.4 Å². The predicted octanol–water partition coefficient (Wildman–Crippen LogP) is 5.16. The van der Waals surface area contributed by atoms with Crippen LogP contribution >= 0.6 is 22.9 Å². The van der Waals surface area contributed by atoms with Crippen molar-refractivity contribution in [1.29, 1.82) is 0 Å². The number of carbonyl (C=O) groups excluding carboxylic acids is 1. The largest absolute Gasteiger partial charge is 0.322 e. The molecule has 0 fully saturated rings. The third-order valence-electron chi connectivity index (χ3n) is 3.21. The lowest BCUT2D eigenvalue weighted by Crippen LogP contribution is -2.13. The summed E-state index contributed by atoms with van der Waals surface area (Å²) in [6.45, 7) is 1.93. The van der Waals surface area contributed by atoms with Crippen molar-refractivity contribution in [3.8, 4) is 11.3 Å². The first kappa shape index (κ1) is 15.6. The Morgan fingerprint density at radius 2 is 2.09 bits per heavy atom. The Balaban J connectivity index is 1.84. The van der Waals surface area contributed by atoms with Crippen molar-refractivity contribution in [3.05, 3.63) is 69.3 Å². The van der Waals surface area contributed by atoms with Gasteiger partial charge in [-0.2, -0.15) is 0 Å². The number of thiazole rings is 1. The zero-order valence-corrected chi connectivity index (χ0v) is 13.7. The van der Waals surface area contributed by atoms with Crippen molar-refractivity contribution in [2.24, 2.45) is 0 Å². The van der Waals surface area contributed by atoms with Gasteiger partial charge in [-0.15, -0.1) is 11.3 Å². The molecule has 0 saturated heterocycles. The van der Waals surface area contributed by atoms with Gasteiger partial charge in [0.1, 0.15) is 5.82 Å². The summed E-state index contributed by atoms with van der Waals surface area (Å²) in [5, 5.41) is 5.86. The molecule has 0 aliphatic carbocycles. The minimum Gasteiger partial charge on any atom is -0.322 e. The molecule has 23 heavy (non-hydrogen) atoms. The molecule has 1 amide bonds. The number of anilines is 1. The van der Waals surface area contributed by atoms with Crippen LogP contribution in [0.2, 0.25) is 5.02 Å². The zero-order chi connectivity index (χ0) is 16.4. The molecule has 1 aromatic heterocycles. The van der Waals surface area contributed by atoms with Crippen LogP contribution in [-0.4, -0.2) is 10.9 Å². The van der Waals surface area contributed by atoms with Crippen LogP contribution in [0.4, 0.5) is 10.1 Å². The fourth-order valence-corrected chi connectivity index (χ4v) is 2.91. The molecule has 3 aromatic rings. The SMILES string of the molecule is Cc1nc(-c2cccc(NC(=O)c3ccc(Cl)cc3F)c2)cs1. The average molecular weight is 347 g/mol. The van der Waals surface area contributed by atoms with E-state index >= 15 is 0 Å². The van der Waals surface area contributed by atoms with Gasteiger partial charge in [-0.1, -0.05) is 23.7 Å². The average Bonchev–Trinajstić information content (AvgIpc) is 2.94. The van der Waals surface area contributed by atoms with E-state index in [-0.39, 0.29) is 10.6 Å². The van der Waals surface area contributed by atoms with E-state index < -0.39 is 11.7 Å². The Hall–Kier alpha value is -2.24. The Kier molecular flexibility index (Phi) is 4.41. The molecule has 0 aliphatic rings. The lowest BCUT2D eigenvalue weighted by molar-refractivity contribution is 0.102. The van der Waals surface area contributed by atoms with E-state index in [4.69, 9.17) is 11.6 Å². The van der Waals surface area contributed by atoms with Crippen molar-refractivity contribution >= 4 is 34.5 Å². The third-order valence-corrected chi connectivity index (χ3v) is 4.22. The van der Waals surface area contributed by atoms with Crippen LogP contribution < -0.4 is 5.32 Å². The quantitative estimate of drug-likeness (QED) is 0.711. The lowest BCUT2D eigenvalue weighted by atomic mass is 10.1. The van der Waals surface area contributed by atoms with Crippen LogP contribution in [0.5, 0.6) is 0 Å². The number of amides is 1. The molecular weight excluding hydrogens is 335 g/mol. The van der Waals surface area contributed by atoms with Gasteiger partial charge in [0.2, 0.25) is 0 Å². The first-order chi connectivity index (χ1) is 11.0. The Bertz CT molecular complexity index is 879. The molecule has 0 spiro atoms. The second-order valence-electron chi connectivity index (χ2n) is 4.91. The number of halogens is 2. The van der Waals surface area contributed by atoms with E-state index in [1.54, 1.807) is 23.5 Å². The molecule has 0 atom stereocenters. The first-order valence-electron chi connectivity index (χ1n) is 6.82. The summed E-state index contributed by atoms with van der Waals surface area (Å²) in [7, 11) is 0. The second kappa shape index (κ2) is 6.48. The van der Waals surface area contributed by atoms with Crippen molar-refractivity contribution in [2.75, 3.05) is 5.32 Å². The summed E-state index contributed by atoms with van der Waals surface area (Å²) in [5.41, 5.74) is 2.27. The number of hydrogen-bond donors (Lipinski definition) is 1. The van der Waals surface area contributed by atoms with Gasteiger partial charge in [0.25, 0.3) is 5.91 Å². The van der Waals surface area contributed by atoms with E-state index in [1.165, 1.54) is 12.1 Å². The number of hydrogen-bond acceptors (Lipinski definition) is 3. The Morgan fingerprint density at radius 1 is 1.26 bits per heavy atom. The topological polar surface area (TPSA) is 42.0 Å². The van der Waals surface area contributed by atoms with Gasteiger partial charge in [-0.3, -0.25) is 4.79 Å². The van der Waals surface area contributed by atoms with Crippen molar-refractivity contribution in [1.82, 2.24) is 4.98 Å². The monoisotopic (exact) mass is 346 g/mol. The Labute approximate surface area is 141 Å². The highest BCUT2D eigenvalue weighted by Gasteiger charge is 2.13. The van der Waals surface area contributed by atoms with E-state index in [9.17, 15) is 9.18 Å². The summed E-state index contributed by atoms with van der Waals surface area (Å²) < 4.78 is 13.8. The number of nitrogens with one attached hydrogen (secondary N) is 1. The fraction of sp³-hybridized carbons (Fsp3) is 0.0588. The van der Waals surface area contributed by atoms with E-state index in [0.717, 1.165) is 22.3 Å². The highest BCUT2D eigenvalue weighted by atomic mass is 35.5. The minimum atomic E-state index is -0.652. The molecular formula is C17H12ClFN2OS. The standard InChI is InChI=1S/C17H12ClFN2OS/c1-10-20-16(9-23-10)11-3-2-4-13(7-11)21-17(22)14-6-5-12(18)8-15(14)19/h2-9H,1H3,(H,21,22). The maximum atomic E-state index is 13.8. The number of rotatable bonds is 3. The lowest BCUT2D eigenvalue weighted by Gasteiger charge is -2.07. The molecule has 0 bridgehead atoms. The van der Waals surface area contributed by atoms with Gasteiger partial charge < -0.3 is 5.32 Å². The maximum Gasteiger partial charge on any atom is 0.258 e. The summed E-state index contributed by atoms with van der Waals surface area (Å²) >= 11 is 7.25. The summed E-state index contributed by atoms with van der Waals surface area (Å²) in [6, 6.07) is 11.2. The molecule has 116 valence electrons. The van der Waals surface area contributed by atoms with Crippen LogP contribution in [0.1, 0.15) is 15.4 Å². The van der Waals surface area contributed by atoms with Crippen LogP contribution in [0.15, 0.2) is 47.8 Å². The van der Waals surface area contributed by atoms with Gasteiger partial charge in [-0.05, 0) is 37.3 Å². The molecule has 0 saturated carbocycles. The Morgan fingerprint density at radius 3 is 2.78 bits per heavy atom. The van der Waals surface area contributed by atoms with Gasteiger partial charge >= 0.3 is 0 Å². The molecule has 3 nitrogen and oxygen atoms in total. The van der Waals surface area contributed by atoms with Crippen molar-refractivity contribution in [2.45, 2.75) is 6.92 Å². The van der Waals surface area contributed by atoms with Gasteiger partial charge in [0.15, 0.2) is 0 Å². The number of carbonyl (C=O) groups is 1. The highest BCUT2D eigenvalue weighted by molar-refractivity contribution is 7.09. The maximum absolute atomic E-state index is 13.8. The molecule has 0 unspecified atom stereocenters. The smallest absolute Gasteiger partial charge is 0.258 e. The number of benzene rings is 2. The van der Waals surface area contributed by atoms with Crippen LogP contribution in [0, 0.1) is 12.7 Å². The number of nitrogens with zero attached hydrogens (tertiary/aromatic N) is 1. The van der Waals surface area contributed by atoms with Crippen molar-refractivity contribution in [3.63, 3.8) is 0 Å². The normalized spacial score (nSPS) is 10.6. The first-order valence-corrected chi connectivity index (χ1v) is 8.07. The van der Waals surface area contributed by atoms with Crippen LogP contribution in [-0.2, 0) is 0 Å². The summed E-state index contributed by atoms with van der Waals surface area (Å²) in [6.07, 6.45) is 0.